The fraction of sp³-hybridized carbons (Fsp3) is 0.448. The van der Waals surface area contributed by atoms with Crippen LogP contribution < -0.4 is 10.3 Å². The Morgan fingerprint density at radius 3 is 2.49 bits per heavy atom. The van der Waals surface area contributed by atoms with Crippen molar-refractivity contribution >= 4 is 10.9 Å². The van der Waals surface area contributed by atoms with Crippen molar-refractivity contribution in [2.75, 3.05) is 6.61 Å². The van der Waals surface area contributed by atoms with E-state index in [0.717, 1.165) is 35.3 Å². The fourth-order valence-electron chi connectivity index (χ4n) is 4.61. The topological polar surface area (TPSA) is 88.9 Å². The number of nitrogens with zero attached hydrogens (tertiary/aromatic N) is 5. The van der Waals surface area contributed by atoms with Crippen LogP contribution in [0.3, 0.4) is 0 Å². The second kappa shape index (κ2) is 11.3. The summed E-state index contributed by atoms with van der Waals surface area (Å²) >= 11 is 0. The van der Waals surface area contributed by atoms with Gasteiger partial charge in [-0.3, -0.25) is 9.69 Å². The van der Waals surface area contributed by atoms with Gasteiger partial charge in [-0.1, -0.05) is 43.7 Å². The predicted molar refractivity (Wildman–Crippen MR) is 147 cm³/mol. The van der Waals surface area contributed by atoms with Crippen LogP contribution in [0.25, 0.3) is 10.9 Å². The van der Waals surface area contributed by atoms with Crippen LogP contribution in [0.15, 0.2) is 53.3 Å². The van der Waals surface area contributed by atoms with Gasteiger partial charge in [-0.15, -0.1) is 5.10 Å². The van der Waals surface area contributed by atoms with Gasteiger partial charge in [0, 0.05) is 29.6 Å². The number of tetrazole rings is 1. The number of rotatable bonds is 11. The minimum absolute atomic E-state index is 0.0769. The first kappa shape index (κ1) is 26.5. The molecule has 2 aromatic heterocycles. The van der Waals surface area contributed by atoms with Crippen LogP contribution in [-0.4, -0.2) is 36.7 Å². The lowest BCUT2D eigenvalue weighted by atomic mass is 10.0. The molecule has 8 nitrogen and oxygen atoms in total. The molecule has 0 aliphatic carbocycles. The molecule has 0 aliphatic heterocycles. The maximum atomic E-state index is 13.2. The van der Waals surface area contributed by atoms with Gasteiger partial charge in [0.2, 0.25) is 0 Å². The third-order valence-electron chi connectivity index (χ3n) is 7.14. The van der Waals surface area contributed by atoms with Crippen molar-refractivity contribution in [2.45, 2.75) is 79.1 Å². The average Bonchev–Trinajstić information content (AvgIpc) is 3.37. The summed E-state index contributed by atoms with van der Waals surface area (Å²) in [6.45, 7) is 14.3. The van der Waals surface area contributed by atoms with Gasteiger partial charge in [0.15, 0.2) is 5.82 Å². The zero-order chi connectivity index (χ0) is 26.6. The first-order chi connectivity index (χ1) is 17.7. The molecule has 4 aromatic rings. The van der Waals surface area contributed by atoms with Crippen LogP contribution in [0.2, 0.25) is 0 Å². The van der Waals surface area contributed by atoms with Crippen LogP contribution in [-0.2, 0) is 18.6 Å². The molecule has 1 unspecified atom stereocenters. The van der Waals surface area contributed by atoms with E-state index in [2.05, 4.69) is 84.3 Å². The summed E-state index contributed by atoms with van der Waals surface area (Å²) in [6, 6.07) is 16.2. The molecule has 196 valence electrons. The molecule has 2 heterocycles. The summed E-state index contributed by atoms with van der Waals surface area (Å²) in [5, 5.41) is 13.8. The number of aromatic amines is 1. The van der Waals surface area contributed by atoms with E-state index in [1.165, 1.54) is 11.1 Å². The highest BCUT2D eigenvalue weighted by molar-refractivity contribution is 5.80. The number of H-pyrrole nitrogens is 1. The third kappa shape index (κ3) is 5.91. The van der Waals surface area contributed by atoms with E-state index in [9.17, 15) is 4.79 Å². The molecule has 2 aromatic carbocycles. The molecular formula is C29H38N6O2. The minimum atomic E-state index is -0.224. The molecule has 0 saturated carbocycles. The number of hydrogen-bond acceptors (Lipinski definition) is 6. The van der Waals surface area contributed by atoms with Crippen LogP contribution in [0, 0.1) is 6.92 Å². The number of benzene rings is 2. The Bertz CT molecular complexity index is 1390. The van der Waals surface area contributed by atoms with Crippen molar-refractivity contribution in [3.63, 3.8) is 0 Å². The van der Waals surface area contributed by atoms with E-state index in [0.29, 0.717) is 25.3 Å². The number of hydrogen-bond donors (Lipinski definition) is 1. The number of fused-ring (bicyclic) bond motifs is 1. The fourth-order valence-corrected chi connectivity index (χ4v) is 4.61. The SMILES string of the molecule is CCOc1ccc2[nH]c(=O)c(CN(Cc3ccc(C)cc3)C(CC)c3nnnn3C(C)(C)CC)cc2c1. The van der Waals surface area contributed by atoms with Crippen LogP contribution in [0.4, 0.5) is 0 Å². The van der Waals surface area contributed by atoms with E-state index in [-0.39, 0.29) is 17.1 Å². The molecule has 8 heteroatoms. The summed E-state index contributed by atoms with van der Waals surface area (Å²) in [6.07, 6.45) is 1.69. The standard InChI is InChI=1S/C29H38N6O2/c1-7-26(27-31-32-33-35(27)29(5,6)8-2)34(18-21-12-10-20(4)11-13-21)19-23-16-22-17-24(37-9-3)14-15-25(22)30-28(23)36/h10-17,26H,7-9,18-19H2,1-6H3,(H,30,36). The molecular weight excluding hydrogens is 464 g/mol. The Hall–Kier alpha value is -3.52. The summed E-state index contributed by atoms with van der Waals surface area (Å²) < 4.78 is 7.63. The molecule has 0 radical (unpaired) electrons. The Morgan fingerprint density at radius 2 is 1.81 bits per heavy atom. The van der Waals surface area contributed by atoms with Gasteiger partial charge in [0.05, 0.1) is 18.2 Å². The lowest BCUT2D eigenvalue weighted by Gasteiger charge is -2.33. The van der Waals surface area contributed by atoms with Crippen LogP contribution in [0.5, 0.6) is 5.75 Å². The summed E-state index contributed by atoms with van der Waals surface area (Å²) in [5.41, 5.74) is 3.57. The highest BCUT2D eigenvalue weighted by Gasteiger charge is 2.31. The van der Waals surface area contributed by atoms with E-state index in [1.807, 2.05) is 35.9 Å². The third-order valence-corrected chi connectivity index (χ3v) is 7.14. The zero-order valence-corrected chi connectivity index (χ0v) is 22.8. The minimum Gasteiger partial charge on any atom is -0.494 e. The Labute approximate surface area is 218 Å². The summed E-state index contributed by atoms with van der Waals surface area (Å²) in [4.78, 5) is 18.6. The number of nitrogens with one attached hydrogen (secondary N) is 1. The second-order valence-electron chi connectivity index (χ2n) is 10.2. The zero-order valence-electron chi connectivity index (χ0n) is 22.8. The molecule has 0 fully saturated rings. The van der Waals surface area contributed by atoms with Gasteiger partial charge < -0.3 is 9.72 Å². The molecule has 37 heavy (non-hydrogen) atoms. The monoisotopic (exact) mass is 502 g/mol. The maximum Gasteiger partial charge on any atom is 0.252 e. The Balaban J connectivity index is 1.77. The number of aryl methyl sites for hydroxylation is 1. The normalized spacial score (nSPS) is 12.8. The van der Waals surface area contributed by atoms with Crippen molar-refractivity contribution in [2.24, 2.45) is 0 Å². The molecule has 0 spiro atoms. The van der Waals surface area contributed by atoms with Gasteiger partial charge in [-0.05, 0) is 80.8 Å². The molecule has 0 saturated heterocycles. The lowest BCUT2D eigenvalue weighted by molar-refractivity contribution is 0.150. The van der Waals surface area contributed by atoms with Gasteiger partial charge in [-0.25, -0.2) is 4.68 Å². The Morgan fingerprint density at radius 1 is 1.05 bits per heavy atom. The number of pyridine rings is 1. The van der Waals surface area contributed by atoms with Crippen molar-refractivity contribution in [3.8, 4) is 5.75 Å². The van der Waals surface area contributed by atoms with Crippen molar-refractivity contribution in [3.05, 3.63) is 81.4 Å². The smallest absolute Gasteiger partial charge is 0.252 e. The first-order valence-electron chi connectivity index (χ1n) is 13.1. The molecule has 0 amide bonds. The second-order valence-corrected chi connectivity index (χ2v) is 10.2. The molecule has 0 aliphatic rings. The van der Waals surface area contributed by atoms with Gasteiger partial charge >= 0.3 is 0 Å². The van der Waals surface area contributed by atoms with Crippen molar-refractivity contribution in [1.82, 2.24) is 30.1 Å². The quantitative estimate of drug-likeness (QED) is 0.290. The van der Waals surface area contributed by atoms with E-state index < -0.39 is 0 Å². The van der Waals surface area contributed by atoms with Crippen molar-refractivity contribution < 1.29 is 4.74 Å². The van der Waals surface area contributed by atoms with Gasteiger partial charge in [0.25, 0.3) is 5.56 Å². The predicted octanol–water partition coefficient (Wildman–Crippen LogP) is 5.52. The van der Waals surface area contributed by atoms with Gasteiger partial charge in [-0.2, -0.15) is 0 Å². The molecule has 1 atom stereocenters. The maximum absolute atomic E-state index is 13.2. The largest absolute Gasteiger partial charge is 0.494 e. The first-order valence-corrected chi connectivity index (χ1v) is 13.1. The van der Waals surface area contributed by atoms with Crippen molar-refractivity contribution in [1.29, 1.82) is 0 Å². The molecule has 4 rings (SSSR count). The highest BCUT2D eigenvalue weighted by atomic mass is 16.5. The molecule has 0 bridgehead atoms. The average molecular weight is 503 g/mol. The van der Waals surface area contributed by atoms with Crippen LogP contribution in [0.1, 0.15) is 76.0 Å². The van der Waals surface area contributed by atoms with Gasteiger partial charge in [0.1, 0.15) is 5.75 Å². The summed E-state index contributed by atoms with van der Waals surface area (Å²) in [7, 11) is 0. The van der Waals surface area contributed by atoms with Crippen LogP contribution >= 0.6 is 0 Å². The van der Waals surface area contributed by atoms with E-state index in [1.54, 1.807) is 0 Å². The number of aromatic nitrogens is 5. The lowest BCUT2D eigenvalue weighted by Crippen LogP contribution is -2.36. The number of ether oxygens (including phenoxy) is 1. The molecule has 1 N–H and O–H groups in total. The van der Waals surface area contributed by atoms with E-state index >= 15 is 0 Å². The highest BCUT2D eigenvalue weighted by Crippen LogP contribution is 2.30. The van der Waals surface area contributed by atoms with E-state index in [4.69, 9.17) is 4.74 Å². The Kier molecular flexibility index (Phi) is 8.07. The summed E-state index contributed by atoms with van der Waals surface area (Å²) in [5.74, 6) is 1.61.